The van der Waals surface area contributed by atoms with Gasteiger partial charge in [-0.3, -0.25) is 4.79 Å². The fourth-order valence-corrected chi connectivity index (χ4v) is 1.91. The third-order valence-corrected chi connectivity index (χ3v) is 3.10. The highest BCUT2D eigenvalue weighted by atomic mass is 19.1. The molecule has 24 heavy (non-hydrogen) atoms. The number of halogens is 1. The van der Waals surface area contributed by atoms with Crippen molar-refractivity contribution in [3.05, 3.63) is 36.0 Å². The highest BCUT2D eigenvalue weighted by Crippen LogP contribution is 2.19. The van der Waals surface area contributed by atoms with Crippen molar-refractivity contribution in [2.45, 2.75) is 25.8 Å². The Morgan fingerprint density at radius 1 is 1.42 bits per heavy atom. The number of benzene rings is 1. The summed E-state index contributed by atoms with van der Waals surface area (Å²) in [4.78, 5) is 26.2. The van der Waals surface area contributed by atoms with Crippen molar-refractivity contribution in [3.8, 4) is 11.4 Å². The van der Waals surface area contributed by atoms with Gasteiger partial charge in [-0.15, -0.1) is 0 Å². The van der Waals surface area contributed by atoms with Crippen LogP contribution in [-0.2, 0) is 4.79 Å². The zero-order chi connectivity index (χ0) is 17.5. The minimum Gasteiger partial charge on any atom is -0.481 e. The van der Waals surface area contributed by atoms with Crippen LogP contribution >= 0.6 is 0 Å². The lowest BCUT2D eigenvalue weighted by molar-refractivity contribution is -0.137. The Bertz CT molecular complexity index is 719. The van der Waals surface area contributed by atoms with Gasteiger partial charge >= 0.3 is 12.0 Å². The van der Waals surface area contributed by atoms with E-state index in [0.29, 0.717) is 12.0 Å². The molecule has 0 saturated heterocycles. The lowest BCUT2D eigenvalue weighted by Gasteiger charge is -2.10. The molecule has 2 amide bonds. The fourth-order valence-electron chi connectivity index (χ4n) is 1.91. The molecule has 0 aliphatic heterocycles. The molecule has 0 aliphatic carbocycles. The van der Waals surface area contributed by atoms with Gasteiger partial charge in [-0.1, -0.05) is 17.3 Å². The van der Waals surface area contributed by atoms with E-state index in [1.54, 1.807) is 13.0 Å². The van der Waals surface area contributed by atoms with Crippen LogP contribution in [0.2, 0.25) is 0 Å². The van der Waals surface area contributed by atoms with Crippen LogP contribution in [0.1, 0.15) is 31.7 Å². The zero-order valence-corrected chi connectivity index (χ0v) is 13.0. The Hall–Kier alpha value is -2.97. The maximum atomic E-state index is 13.2. The summed E-state index contributed by atoms with van der Waals surface area (Å²) in [5, 5.41) is 17.4. The molecule has 8 nitrogen and oxygen atoms in total. The topological polar surface area (TPSA) is 117 Å². The molecule has 1 unspecified atom stereocenters. The molecule has 0 radical (unpaired) electrons. The predicted molar refractivity (Wildman–Crippen MR) is 81.5 cm³/mol. The fraction of sp³-hybridized carbons (Fsp3) is 0.333. The minimum absolute atomic E-state index is 0.0174. The molecule has 1 atom stereocenters. The first kappa shape index (κ1) is 17.4. The van der Waals surface area contributed by atoms with Gasteiger partial charge in [0.25, 0.3) is 0 Å². The summed E-state index contributed by atoms with van der Waals surface area (Å²) < 4.78 is 18.3. The average Bonchev–Trinajstić information content (AvgIpc) is 3.01. The molecule has 1 aromatic heterocycles. The van der Waals surface area contributed by atoms with Gasteiger partial charge in [0.2, 0.25) is 11.7 Å². The van der Waals surface area contributed by atoms with Crippen molar-refractivity contribution >= 4 is 12.0 Å². The van der Waals surface area contributed by atoms with Crippen LogP contribution in [0, 0.1) is 5.82 Å². The smallest absolute Gasteiger partial charge is 0.315 e. The number of rotatable bonds is 7. The molecule has 128 valence electrons. The molecule has 9 heteroatoms. The highest BCUT2D eigenvalue weighted by Gasteiger charge is 2.17. The number of carboxylic acids is 1. The van der Waals surface area contributed by atoms with Gasteiger partial charge in [-0.05, 0) is 25.5 Å². The number of amides is 2. The lowest BCUT2D eigenvalue weighted by atomic mass is 10.2. The third-order valence-electron chi connectivity index (χ3n) is 3.10. The summed E-state index contributed by atoms with van der Waals surface area (Å²) in [6, 6.07) is 4.74. The van der Waals surface area contributed by atoms with Gasteiger partial charge in [0.1, 0.15) is 11.9 Å². The number of hydrogen-bond donors (Lipinski definition) is 3. The van der Waals surface area contributed by atoms with Crippen LogP contribution in [0.15, 0.2) is 28.8 Å². The van der Waals surface area contributed by atoms with Crippen LogP contribution in [0.4, 0.5) is 9.18 Å². The quantitative estimate of drug-likeness (QED) is 0.667. The number of carbonyl (C=O) groups excluding carboxylic acids is 1. The Kier molecular flexibility index (Phi) is 5.83. The molecule has 2 rings (SSSR count). The number of urea groups is 1. The van der Waals surface area contributed by atoms with E-state index >= 15 is 0 Å². The predicted octanol–water partition coefficient (Wildman–Crippen LogP) is 2.10. The first-order valence-corrected chi connectivity index (χ1v) is 7.31. The van der Waals surface area contributed by atoms with E-state index in [1.165, 1.54) is 18.2 Å². The molecule has 0 aliphatic rings. The first-order valence-electron chi connectivity index (χ1n) is 7.31. The van der Waals surface area contributed by atoms with Crippen molar-refractivity contribution < 1.29 is 23.6 Å². The van der Waals surface area contributed by atoms with Gasteiger partial charge < -0.3 is 20.3 Å². The normalized spacial score (nSPS) is 11.8. The van der Waals surface area contributed by atoms with Gasteiger partial charge in [0.15, 0.2) is 0 Å². The largest absolute Gasteiger partial charge is 0.481 e. The maximum Gasteiger partial charge on any atom is 0.315 e. The van der Waals surface area contributed by atoms with Gasteiger partial charge in [0.05, 0.1) is 0 Å². The number of hydrogen-bond acceptors (Lipinski definition) is 5. The molecule has 3 N–H and O–H groups in total. The van der Waals surface area contributed by atoms with E-state index in [9.17, 15) is 14.0 Å². The van der Waals surface area contributed by atoms with Crippen molar-refractivity contribution in [1.82, 2.24) is 20.8 Å². The van der Waals surface area contributed by atoms with Crippen LogP contribution in [-0.4, -0.2) is 33.8 Å². The van der Waals surface area contributed by atoms with Crippen molar-refractivity contribution in [1.29, 1.82) is 0 Å². The van der Waals surface area contributed by atoms with Gasteiger partial charge in [-0.25, -0.2) is 9.18 Å². The molecular formula is C15H17FN4O4. The monoisotopic (exact) mass is 336 g/mol. The molecule has 1 heterocycles. The average molecular weight is 336 g/mol. The van der Waals surface area contributed by atoms with Gasteiger partial charge in [-0.2, -0.15) is 4.98 Å². The summed E-state index contributed by atoms with van der Waals surface area (Å²) >= 11 is 0. The summed E-state index contributed by atoms with van der Waals surface area (Å²) in [6.45, 7) is 1.89. The second-order valence-corrected chi connectivity index (χ2v) is 5.09. The lowest BCUT2D eigenvalue weighted by Crippen LogP contribution is -2.37. The standard InChI is InChI=1S/C15H17FN4O4/c1-9(18-15(23)17-7-3-6-12(21)22)14-19-13(20-24-14)10-4-2-5-11(16)8-10/h2,4-5,8-9H,3,6-7H2,1H3,(H,21,22)(H2,17,18,23). The van der Waals surface area contributed by atoms with Crippen molar-refractivity contribution in [2.24, 2.45) is 0 Å². The van der Waals surface area contributed by atoms with E-state index in [1.807, 2.05) is 0 Å². The second-order valence-electron chi connectivity index (χ2n) is 5.09. The van der Waals surface area contributed by atoms with Crippen LogP contribution < -0.4 is 10.6 Å². The summed E-state index contributed by atoms with van der Waals surface area (Å²) in [7, 11) is 0. The number of carboxylic acid groups (broad SMARTS) is 1. The van der Waals surface area contributed by atoms with E-state index in [0.717, 1.165) is 0 Å². The van der Waals surface area contributed by atoms with E-state index < -0.39 is 23.9 Å². The van der Waals surface area contributed by atoms with Crippen molar-refractivity contribution in [3.63, 3.8) is 0 Å². The number of carbonyl (C=O) groups is 2. The Morgan fingerprint density at radius 3 is 2.92 bits per heavy atom. The van der Waals surface area contributed by atoms with Gasteiger partial charge in [0, 0.05) is 18.5 Å². The highest BCUT2D eigenvalue weighted by molar-refractivity contribution is 5.74. The molecule has 0 fully saturated rings. The summed E-state index contributed by atoms with van der Waals surface area (Å²) in [5.74, 6) is -0.929. The number of nitrogens with zero attached hydrogens (tertiary/aromatic N) is 2. The molecule has 0 spiro atoms. The Labute approximate surface area is 137 Å². The minimum atomic E-state index is -0.915. The number of nitrogens with one attached hydrogen (secondary N) is 2. The van der Waals surface area contributed by atoms with Crippen molar-refractivity contribution in [2.75, 3.05) is 6.54 Å². The molecule has 0 bridgehead atoms. The first-order chi connectivity index (χ1) is 11.5. The molecular weight excluding hydrogens is 319 g/mol. The van der Waals surface area contributed by atoms with Crippen LogP contribution in [0.25, 0.3) is 11.4 Å². The van der Waals surface area contributed by atoms with E-state index in [2.05, 4.69) is 20.8 Å². The van der Waals surface area contributed by atoms with E-state index in [4.69, 9.17) is 9.63 Å². The second kappa shape index (κ2) is 8.04. The maximum absolute atomic E-state index is 13.2. The molecule has 2 aromatic rings. The van der Waals surface area contributed by atoms with Crippen LogP contribution in [0.5, 0.6) is 0 Å². The summed E-state index contributed by atoms with van der Waals surface area (Å²) in [5.41, 5.74) is 0.468. The van der Waals surface area contributed by atoms with Crippen LogP contribution in [0.3, 0.4) is 0 Å². The number of aromatic nitrogens is 2. The molecule has 0 saturated carbocycles. The SMILES string of the molecule is CC(NC(=O)NCCCC(=O)O)c1nc(-c2cccc(F)c2)no1. The Balaban J connectivity index is 1.88. The Morgan fingerprint density at radius 2 is 2.21 bits per heavy atom. The van der Waals surface area contributed by atoms with E-state index in [-0.39, 0.29) is 24.7 Å². The number of aliphatic carboxylic acids is 1. The summed E-state index contributed by atoms with van der Waals surface area (Å²) in [6.07, 6.45) is 0.317. The zero-order valence-electron chi connectivity index (χ0n) is 13.0. The molecule has 1 aromatic carbocycles. The third kappa shape index (κ3) is 5.04.